The van der Waals surface area contributed by atoms with E-state index in [2.05, 4.69) is 21.7 Å². The van der Waals surface area contributed by atoms with Crippen molar-refractivity contribution in [3.8, 4) is 0 Å². The molecule has 2 aromatic carbocycles. The van der Waals surface area contributed by atoms with Crippen molar-refractivity contribution in [2.24, 2.45) is 0 Å². The standard InChI is InChI=1S/C20H18FN3O/c1-13-9-14(2)11-16(10-13)23-15-7-8-19(22-12-15)20(25)24-18-6-4-3-5-17(18)21/h3-12,23H,1-2H3,(H,24,25). The molecule has 126 valence electrons. The smallest absolute Gasteiger partial charge is 0.274 e. The summed E-state index contributed by atoms with van der Waals surface area (Å²) < 4.78 is 13.6. The van der Waals surface area contributed by atoms with E-state index in [1.807, 2.05) is 26.0 Å². The summed E-state index contributed by atoms with van der Waals surface area (Å²) in [6.45, 7) is 4.07. The number of hydrogen-bond acceptors (Lipinski definition) is 3. The maximum absolute atomic E-state index is 13.6. The van der Waals surface area contributed by atoms with E-state index in [1.165, 1.54) is 12.1 Å². The third kappa shape index (κ3) is 4.20. The van der Waals surface area contributed by atoms with Crippen molar-refractivity contribution in [2.75, 3.05) is 10.6 Å². The predicted octanol–water partition coefficient (Wildman–Crippen LogP) is 4.83. The first kappa shape index (κ1) is 16.6. The van der Waals surface area contributed by atoms with Crippen LogP contribution in [0.5, 0.6) is 0 Å². The van der Waals surface area contributed by atoms with Crippen LogP contribution in [-0.4, -0.2) is 10.9 Å². The van der Waals surface area contributed by atoms with Gasteiger partial charge in [-0.15, -0.1) is 0 Å². The molecule has 25 heavy (non-hydrogen) atoms. The van der Waals surface area contributed by atoms with Crippen molar-refractivity contribution in [3.63, 3.8) is 0 Å². The lowest BCUT2D eigenvalue weighted by molar-refractivity contribution is 0.102. The summed E-state index contributed by atoms with van der Waals surface area (Å²) in [6.07, 6.45) is 1.58. The molecule has 1 aromatic heterocycles. The zero-order chi connectivity index (χ0) is 17.8. The Balaban J connectivity index is 1.71. The number of hydrogen-bond donors (Lipinski definition) is 2. The molecule has 3 aromatic rings. The number of nitrogens with one attached hydrogen (secondary N) is 2. The average molecular weight is 335 g/mol. The van der Waals surface area contributed by atoms with Crippen LogP contribution in [0.3, 0.4) is 0 Å². The molecular formula is C20H18FN3O. The number of carbonyl (C=O) groups is 1. The lowest BCUT2D eigenvalue weighted by atomic mass is 10.1. The molecule has 0 atom stereocenters. The third-order valence-electron chi connectivity index (χ3n) is 3.63. The average Bonchev–Trinajstić information content (AvgIpc) is 2.56. The van der Waals surface area contributed by atoms with E-state index < -0.39 is 11.7 Å². The third-order valence-corrected chi connectivity index (χ3v) is 3.63. The highest BCUT2D eigenvalue weighted by Crippen LogP contribution is 2.19. The highest BCUT2D eigenvalue weighted by molar-refractivity contribution is 6.03. The summed E-state index contributed by atoms with van der Waals surface area (Å²) >= 11 is 0. The SMILES string of the molecule is Cc1cc(C)cc(Nc2ccc(C(=O)Nc3ccccc3F)nc2)c1. The summed E-state index contributed by atoms with van der Waals surface area (Å²) in [6, 6.07) is 15.5. The highest BCUT2D eigenvalue weighted by Gasteiger charge is 2.10. The van der Waals surface area contributed by atoms with Gasteiger partial charge in [-0.2, -0.15) is 0 Å². The fourth-order valence-corrected chi connectivity index (χ4v) is 2.56. The minimum absolute atomic E-state index is 0.131. The van der Waals surface area contributed by atoms with E-state index in [9.17, 15) is 9.18 Å². The Morgan fingerprint density at radius 3 is 2.32 bits per heavy atom. The normalized spacial score (nSPS) is 10.4. The Morgan fingerprint density at radius 2 is 1.68 bits per heavy atom. The molecule has 0 bridgehead atoms. The number of halogens is 1. The molecule has 4 nitrogen and oxygen atoms in total. The van der Waals surface area contributed by atoms with Crippen molar-refractivity contribution < 1.29 is 9.18 Å². The van der Waals surface area contributed by atoms with Crippen molar-refractivity contribution in [1.82, 2.24) is 4.98 Å². The van der Waals surface area contributed by atoms with Crippen LogP contribution >= 0.6 is 0 Å². The number of rotatable bonds is 4. The number of aromatic nitrogens is 1. The summed E-state index contributed by atoms with van der Waals surface area (Å²) in [5.74, 6) is -0.938. The minimum Gasteiger partial charge on any atom is -0.354 e. The van der Waals surface area contributed by atoms with E-state index in [-0.39, 0.29) is 11.4 Å². The van der Waals surface area contributed by atoms with E-state index in [1.54, 1.807) is 30.5 Å². The zero-order valence-electron chi connectivity index (χ0n) is 14.0. The molecule has 0 saturated heterocycles. The quantitative estimate of drug-likeness (QED) is 0.718. The Bertz CT molecular complexity index is 887. The van der Waals surface area contributed by atoms with Crippen molar-refractivity contribution >= 4 is 23.0 Å². The highest BCUT2D eigenvalue weighted by atomic mass is 19.1. The molecule has 0 saturated carbocycles. The zero-order valence-corrected chi connectivity index (χ0v) is 14.0. The molecule has 3 rings (SSSR count). The van der Waals surface area contributed by atoms with E-state index in [4.69, 9.17) is 0 Å². The largest absolute Gasteiger partial charge is 0.354 e. The predicted molar refractivity (Wildman–Crippen MR) is 97.8 cm³/mol. The second kappa shape index (κ2) is 7.13. The fourth-order valence-electron chi connectivity index (χ4n) is 2.56. The first-order valence-corrected chi connectivity index (χ1v) is 7.88. The molecular weight excluding hydrogens is 317 g/mol. The van der Waals surface area contributed by atoms with Gasteiger partial charge in [0.2, 0.25) is 0 Å². The number of anilines is 3. The molecule has 0 unspecified atom stereocenters. The van der Waals surface area contributed by atoms with E-state index in [0.29, 0.717) is 0 Å². The topological polar surface area (TPSA) is 54.0 Å². The van der Waals surface area contributed by atoms with Gasteiger partial charge in [-0.05, 0) is 61.4 Å². The number of aryl methyl sites for hydroxylation is 2. The molecule has 0 aliphatic rings. The number of nitrogens with zero attached hydrogens (tertiary/aromatic N) is 1. The van der Waals surface area contributed by atoms with E-state index in [0.717, 1.165) is 22.5 Å². The van der Waals surface area contributed by atoms with Crippen LogP contribution in [0.1, 0.15) is 21.6 Å². The first-order chi connectivity index (χ1) is 12.0. The number of pyridine rings is 1. The van der Waals surface area contributed by atoms with Crippen molar-refractivity contribution in [1.29, 1.82) is 0 Å². The molecule has 0 spiro atoms. The first-order valence-electron chi connectivity index (χ1n) is 7.88. The van der Waals surface area contributed by atoms with Crippen LogP contribution in [0.15, 0.2) is 60.8 Å². The van der Waals surface area contributed by atoms with Gasteiger partial charge in [0.05, 0.1) is 17.6 Å². The molecule has 2 N–H and O–H groups in total. The van der Waals surface area contributed by atoms with Gasteiger partial charge < -0.3 is 10.6 Å². The Kier molecular flexibility index (Phi) is 4.75. The van der Waals surface area contributed by atoms with Crippen LogP contribution in [0.4, 0.5) is 21.5 Å². The van der Waals surface area contributed by atoms with Crippen LogP contribution in [0, 0.1) is 19.7 Å². The number of benzene rings is 2. The van der Waals surface area contributed by atoms with Crippen molar-refractivity contribution in [3.05, 3.63) is 83.4 Å². The van der Waals surface area contributed by atoms with Gasteiger partial charge >= 0.3 is 0 Å². The lowest BCUT2D eigenvalue weighted by Crippen LogP contribution is -2.14. The van der Waals surface area contributed by atoms with Crippen LogP contribution in [-0.2, 0) is 0 Å². The molecule has 0 fully saturated rings. The summed E-state index contributed by atoms with van der Waals surface area (Å²) in [5.41, 5.74) is 4.41. The Hall–Kier alpha value is -3.21. The fraction of sp³-hybridized carbons (Fsp3) is 0.100. The molecule has 0 aliphatic carbocycles. The molecule has 5 heteroatoms. The summed E-state index contributed by atoms with van der Waals surface area (Å²) in [4.78, 5) is 16.3. The maximum Gasteiger partial charge on any atom is 0.274 e. The molecule has 1 amide bonds. The van der Waals surface area contributed by atoms with Crippen LogP contribution < -0.4 is 10.6 Å². The second-order valence-electron chi connectivity index (χ2n) is 5.87. The molecule has 0 aliphatic heterocycles. The minimum atomic E-state index is -0.482. The van der Waals surface area contributed by atoms with Gasteiger partial charge in [-0.3, -0.25) is 4.79 Å². The number of carbonyl (C=O) groups excluding carboxylic acids is 1. The van der Waals surface area contributed by atoms with Gasteiger partial charge in [0.1, 0.15) is 11.5 Å². The Labute approximate surface area is 145 Å². The Morgan fingerprint density at radius 1 is 0.960 bits per heavy atom. The summed E-state index contributed by atoms with van der Waals surface area (Å²) in [5, 5.41) is 5.77. The number of amides is 1. The van der Waals surface area contributed by atoms with Crippen LogP contribution in [0.2, 0.25) is 0 Å². The molecule has 1 heterocycles. The lowest BCUT2D eigenvalue weighted by Gasteiger charge is -2.09. The maximum atomic E-state index is 13.6. The second-order valence-corrected chi connectivity index (χ2v) is 5.87. The summed E-state index contributed by atoms with van der Waals surface area (Å²) in [7, 11) is 0. The number of para-hydroxylation sites is 1. The van der Waals surface area contributed by atoms with Gasteiger partial charge in [0, 0.05) is 5.69 Å². The monoisotopic (exact) mass is 335 g/mol. The van der Waals surface area contributed by atoms with E-state index >= 15 is 0 Å². The van der Waals surface area contributed by atoms with Gasteiger partial charge in [-0.1, -0.05) is 18.2 Å². The van der Waals surface area contributed by atoms with Crippen LogP contribution in [0.25, 0.3) is 0 Å². The van der Waals surface area contributed by atoms with Gasteiger partial charge in [-0.25, -0.2) is 9.37 Å². The van der Waals surface area contributed by atoms with Gasteiger partial charge in [0.15, 0.2) is 0 Å². The molecule has 0 radical (unpaired) electrons. The van der Waals surface area contributed by atoms with Gasteiger partial charge in [0.25, 0.3) is 5.91 Å². The van der Waals surface area contributed by atoms with Crippen molar-refractivity contribution in [2.45, 2.75) is 13.8 Å².